The highest BCUT2D eigenvalue weighted by Crippen LogP contribution is 2.68. The normalized spacial score (nSPS) is 47.7. The highest BCUT2D eigenvalue weighted by atomic mass is 32.2. The fourth-order valence-electron chi connectivity index (χ4n) is 4.44. The van der Waals surface area contributed by atoms with Crippen molar-refractivity contribution in [3.8, 4) is 0 Å². The molecule has 3 heteroatoms. The van der Waals surface area contributed by atoms with Crippen molar-refractivity contribution in [2.24, 2.45) is 17.3 Å². The zero-order valence-electron chi connectivity index (χ0n) is 12.2. The summed E-state index contributed by atoms with van der Waals surface area (Å²) in [6.07, 6.45) is 5.13. The van der Waals surface area contributed by atoms with Gasteiger partial charge in [-0.3, -0.25) is 4.90 Å². The van der Waals surface area contributed by atoms with Crippen LogP contribution < -0.4 is 0 Å². The molecule has 0 N–H and O–H groups in total. The van der Waals surface area contributed by atoms with Crippen molar-refractivity contribution in [3.63, 3.8) is 0 Å². The maximum atomic E-state index is 5.52. The molecular formula is C15H27NOS. The van der Waals surface area contributed by atoms with E-state index in [0.29, 0.717) is 10.2 Å². The lowest BCUT2D eigenvalue weighted by Crippen LogP contribution is -2.54. The highest BCUT2D eigenvalue weighted by molar-refractivity contribution is 8.00. The van der Waals surface area contributed by atoms with Gasteiger partial charge in [0.05, 0.1) is 13.2 Å². The minimum Gasteiger partial charge on any atom is -0.379 e. The standard InChI is InChI=1S/C15H27NOS/c1-14(2)11-9-13(16-5-7-17-8-6-16)15(3,18-4)10-12(11)14/h11-13H,5-10H2,1-4H3/t11-,12+,13+,15+/m1/s1. The Bertz CT molecular complexity index is 326. The van der Waals surface area contributed by atoms with Gasteiger partial charge in [0.15, 0.2) is 0 Å². The molecule has 0 unspecified atom stereocenters. The summed E-state index contributed by atoms with van der Waals surface area (Å²) in [6.45, 7) is 11.6. The van der Waals surface area contributed by atoms with E-state index in [0.717, 1.165) is 44.2 Å². The molecule has 1 aliphatic heterocycles. The number of rotatable bonds is 2. The third-order valence-electron chi connectivity index (χ3n) is 6.05. The molecule has 3 fully saturated rings. The predicted octanol–water partition coefficient (Wildman–Crippen LogP) is 2.87. The summed E-state index contributed by atoms with van der Waals surface area (Å²) in [5.74, 6) is 1.96. The first-order valence-electron chi connectivity index (χ1n) is 7.36. The van der Waals surface area contributed by atoms with Crippen LogP contribution in [-0.2, 0) is 4.74 Å². The summed E-state index contributed by atoms with van der Waals surface area (Å²) in [5.41, 5.74) is 0.609. The highest BCUT2D eigenvalue weighted by Gasteiger charge is 2.64. The molecule has 0 aromatic rings. The van der Waals surface area contributed by atoms with Crippen LogP contribution >= 0.6 is 11.8 Å². The Morgan fingerprint density at radius 2 is 1.78 bits per heavy atom. The zero-order chi connectivity index (χ0) is 13.0. The lowest BCUT2D eigenvalue weighted by atomic mass is 9.83. The Balaban J connectivity index is 1.78. The molecule has 2 nitrogen and oxygen atoms in total. The molecule has 3 rings (SSSR count). The van der Waals surface area contributed by atoms with E-state index in [2.05, 4.69) is 43.7 Å². The molecule has 0 radical (unpaired) electrons. The van der Waals surface area contributed by atoms with E-state index >= 15 is 0 Å². The van der Waals surface area contributed by atoms with E-state index in [9.17, 15) is 0 Å². The second-order valence-corrected chi connectivity index (χ2v) is 8.50. The molecule has 4 atom stereocenters. The Morgan fingerprint density at radius 1 is 1.11 bits per heavy atom. The van der Waals surface area contributed by atoms with Gasteiger partial charge < -0.3 is 4.74 Å². The maximum Gasteiger partial charge on any atom is 0.0594 e. The fourth-order valence-corrected chi connectivity index (χ4v) is 5.30. The number of nitrogens with zero attached hydrogens (tertiary/aromatic N) is 1. The second kappa shape index (κ2) is 4.39. The molecule has 0 bridgehead atoms. The molecule has 0 aromatic heterocycles. The first kappa shape index (κ1) is 13.3. The van der Waals surface area contributed by atoms with Crippen molar-refractivity contribution >= 4 is 11.8 Å². The van der Waals surface area contributed by atoms with Crippen LogP contribution in [0.1, 0.15) is 33.6 Å². The molecule has 1 heterocycles. The number of fused-ring (bicyclic) bond motifs is 1. The molecule has 2 saturated carbocycles. The fraction of sp³-hybridized carbons (Fsp3) is 1.00. The first-order chi connectivity index (χ1) is 8.49. The first-order valence-corrected chi connectivity index (χ1v) is 8.58. The number of morpholine rings is 1. The van der Waals surface area contributed by atoms with E-state index in [1.54, 1.807) is 0 Å². The average Bonchev–Trinajstić information content (AvgIpc) is 2.90. The Hall–Kier alpha value is 0.270. The zero-order valence-corrected chi connectivity index (χ0v) is 13.1. The largest absolute Gasteiger partial charge is 0.379 e. The molecule has 1 saturated heterocycles. The number of ether oxygens (including phenoxy) is 1. The monoisotopic (exact) mass is 269 g/mol. The summed E-state index contributed by atoms with van der Waals surface area (Å²) in [7, 11) is 0. The van der Waals surface area contributed by atoms with Gasteiger partial charge in [-0.1, -0.05) is 13.8 Å². The lowest BCUT2D eigenvalue weighted by molar-refractivity contribution is -0.000238. The summed E-state index contributed by atoms with van der Waals surface area (Å²) < 4.78 is 5.97. The van der Waals surface area contributed by atoms with Crippen molar-refractivity contribution in [3.05, 3.63) is 0 Å². The summed E-state index contributed by atoms with van der Waals surface area (Å²) >= 11 is 2.10. The van der Waals surface area contributed by atoms with Crippen LogP contribution in [0.4, 0.5) is 0 Å². The van der Waals surface area contributed by atoms with Crippen LogP contribution in [0.2, 0.25) is 0 Å². The Labute approximate surface area is 116 Å². The number of hydrogen-bond acceptors (Lipinski definition) is 3. The van der Waals surface area contributed by atoms with E-state index in [4.69, 9.17) is 4.74 Å². The van der Waals surface area contributed by atoms with Crippen molar-refractivity contribution < 1.29 is 4.74 Å². The molecule has 18 heavy (non-hydrogen) atoms. The van der Waals surface area contributed by atoms with E-state index in [1.807, 2.05) is 0 Å². The average molecular weight is 269 g/mol. The molecule has 0 aromatic carbocycles. The number of thioether (sulfide) groups is 1. The topological polar surface area (TPSA) is 12.5 Å². The van der Waals surface area contributed by atoms with Gasteiger partial charge in [0, 0.05) is 23.9 Å². The smallest absolute Gasteiger partial charge is 0.0594 e. The summed E-state index contributed by atoms with van der Waals surface area (Å²) in [6, 6.07) is 0.763. The minimum absolute atomic E-state index is 0.451. The van der Waals surface area contributed by atoms with Crippen molar-refractivity contribution in [2.45, 2.75) is 44.4 Å². The van der Waals surface area contributed by atoms with Crippen molar-refractivity contribution in [2.75, 3.05) is 32.6 Å². The third-order valence-corrected chi connectivity index (χ3v) is 7.42. The van der Waals surface area contributed by atoms with E-state index in [1.165, 1.54) is 12.8 Å². The lowest BCUT2D eigenvalue weighted by Gasteiger charge is -2.47. The van der Waals surface area contributed by atoms with Crippen LogP contribution in [0.5, 0.6) is 0 Å². The van der Waals surface area contributed by atoms with Gasteiger partial charge in [0.2, 0.25) is 0 Å². The SMILES string of the molecule is CS[C@@]1(C)C[C@H]2[C@@H](C[C@@H]1N1CCOCC1)C2(C)C. The molecular weight excluding hydrogens is 242 g/mol. The summed E-state index contributed by atoms with van der Waals surface area (Å²) in [5, 5.41) is 0. The third kappa shape index (κ3) is 1.94. The molecule has 3 aliphatic rings. The van der Waals surface area contributed by atoms with Gasteiger partial charge in [-0.05, 0) is 43.3 Å². The van der Waals surface area contributed by atoms with Gasteiger partial charge in [0.25, 0.3) is 0 Å². The quantitative estimate of drug-likeness (QED) is 0.765. The maximum absolute atomic E-state index is 5.52. The van der Waals surface area contributed by atoms with Crippen LogP contribution in [0, 0.1) is 17.3 Å². The predicted molar refractivity (Wildman–Crippen MR) is 78.1 cm³/mol. The number of hydrogen-bond donors (Lipinski definition) is 0. The Morgan fingerprint density at radius 3 is 2.39 bits per heavy atom. The van der Waals surface area contributed by atoms with Crippen molar-refractivity contribution in [1.82, 2.24) is 4.90 Å². The van der Waals surface area contributed by atoms with Gasteiger partial charge in [-0.25, -0.2) is 0 Å². The van der Waals surface area contributed by atoms with Crippen molar-refractivity contribution in [1.29, 1.82) is 0 Å². The van der Waals surface area contributed by atoms with Crippen LogP contribution in [0.25, 0.3) is 0 Å². The minimum atomic E-state index is 0.451. The summed E-state index contributed by atoms with van der Waals surface area (Å²) in [4.78, 5) is 2.71. The van der Waals surface area contributed by atoms with E-state index < -0.39 is 0 Å². The van der Waals surface area contributed by atoms with E-state index in [-0.39, 0.29) is 0 Å². The molecule has 0 spiro atoms. The van der Waals surface area contributed by atoms with Crippen LogP contribution in [0.3, 0.4) is 0 Å². The van der Waals surface area contributed by atoms with Gasteiger partial charge >= 0.3 is 0 Å². The van der Waals surface area contributed by atoms with Crippen LogP contribution in [0.15, 0.2) is 0 Å². The second-order valence-electron chi connectivity index (χ2n) is 7.16. The van der Waals surface area contributed by atoms with Gasteiger partial charge in [0.1, 0.15) is 0 Å². The molecule has 104 valence electrons. The Kier molecular flexibility index (Phi) is 3.23. The van der Waals surface area contributed by atoms with Crippen LogP contribution in [-0.4, -0.2) is 48.2 Å². The molecule has 2 aliphatic carbocycles. The van der Waals surface area contributed by atoms with Gasteiger partial charge in [-0.2, -0.15) is 11.8 Å². The van der Waals surface area contributed by atoms with Gasteiger partial charge in [-0.15, -0.1) is 0 Å². The molecule has 0 amide bonds.